The number of rotatable bonds is 4. The number of nitrogens with two attached hydrogens (primary N) is 1. The lowest BCUT2D eigenvalue weighted by molar-refractivity contribution is -0.298. The van der Waals surface area contributed by atoms with Crippen LogP contribution in [0.15, 0.2) is 0 Å². The normalized spacial score (nSPS) is 35.3. The maximum Gasteiger partial charge on any atom is 0.324 e. The van der Waals surface area contributed by atoms with Crippen molar-refractivity contribution in [2.45, 2.75) is 57.5 Å². The molecule has 0 bridgehead atoms. The van der Waals surface area contributed by atoms with E-state index < -0.39 is 54.7 Å². The summed E-state index contributed by atoms with van der Waals surface area (Å²) in [6.07, 6.45) is -6.19. The van der Waals surface area contributed by atoms with Crippen molar-refractivity contribution < 1.29 is 34.3 Å². The van der Waals surface area contributed by atoms with Crippen LogP contribution in [0.3, 0.4) is 0 Å². The van der Waals surface area contributed by atoms with Gasteiger partial charge in [0.1, 0.15) is 24.4 Å². The second kappa shape index (κ2) is 6.99. The van der Waals surface area contributed by atoms with Gasteiger partial charge in [-0.05, 0) is 5.41 Å². The number of aliphatic hydroxyl groups excluding tert-OH is 3. The number of carbonyl (C=O) groups is 1. The maximum atomic E-state index is 12.0. The molecule has 1 heterocycles. The van der Waals surface area contributed by atoms with Gasteiger partial charge >= 0.3 is 5.97 Å². The summed E-state index contributed by atoms with van der Waals surface area (Å²) in [7, 11) is 1.30. The summed E-state index contributed by atoms with van der Waals surface area (Å²) >= 11 is 0. The molecule has 21 heavy (non-hydrogen) atoms. The predicted molar refractivity (Wildman–Crippen MR) is 72.1 cm³/mol. The van der Waals surface area contributed by atoms with Crippen molar-refractivity contribution in [1.82, 2.24) is 0 Å². The van der Waals surface area contributed by atoms with E-state index in [4.69, 9.17) is 25.1 Å². The fourth-order valence-corrected chi connectivity index (χ4v) is 1.93. The molecule has 0 amide bonds. The minimum atomic E-state index is -1.45. The van der Waals surface area contributed by atoms with Crippen LogP contribution in [0.2, 0.25) is 0 Å². The molecule has 0 radical (unpaired) electrons. The zero-order chi connectivity index (χ0) is 16.4. The third-order valence-corrected chi connectivity index (χ3v) is 3.50. The van der Waals surface area contributed by atoms with Crippen molar-refractivity contribution in [3.05, 3.63) is 0 Å². The van der Waals surface area contributed by atoms with Gasteiger partial charge in [-0.1, -0.05) is 20.8 Å². The lowest BCUT2D eigenvalue weighted by Crippen LogP contribution is -2.61. The fourth-order valence-electron chi connectivity index (χ4n) is 1.93. The molecule has 1 saturated heterocycles. The van der Waals surface area contributed by atoms with Gasteiger partial charge in [0, 0.05) is 7.11 Å². The Bertz CT molecular complexity index is 355. The van der Waals surface area contributed by atoms with Crippen LogP contribution in [0.5, 0.6) is 0 Å². The Morgan fingerprint density at radius 3 is 2.33 bits per heavy atom. The molecular formula is C13H25NO7. The van der Waals surface area contributed by atoms with Crippen LogP contribution in [-0.4, -0.2) is 71.8 Å². The number of ether oxygens (including phenoxy) is 3. The summed E-state index contributed by atoms with van der Waals surface area (Å²) in [4.78, 5) is 12.0. The van der Waals surface area contributed by atoms with Crippen molar-refractivity contribution in [3.63, 3.8) is 0 Å². The van der Waals surface area contributed by atoms with Crippen LogP contribution in [0.25, 0.3) is 0 Å². The van der Waals surface area contributed by atoms with E-state index in [1.54, 1.807) is 20.8 Å². The number of hydrogen-bond acceptors (Lipinski definition) is 8. The van der Waals surface area contributed by atoms with Crippen LogP contribution in [0, 0.1) is 5.41 Å². The molecule has 6 atom stereocenters. The van der Waals surface area contributed by atoms with E-state index in [1.807, 2.05) is 0 Å². The van der Waals surface area contributed by atoms with E-state index in [-0.39, 0.29) is 0 Å². The summed E-state index contributed by atoms with van der Waals surface area (Å²) in [6.45, 7) is 4.83. The summed E-state index contributed by atoms with van der Waals surface area (Å²) in [5.74, 6) is -0.730. The summed E-state index contributed by atoms with van der Waals surface area (Å²) in [5.41, 5.74) is 5.27. The van der Waals surface area contributed by atoms with E-state index in [1.165, 1.54) is 7.11 Å². The summed E-state index contributed by atoms with van der Waals surface area (Å²) < 4.78 is 15.4. The molecule has 0 aliphatic carbocycles. The SMILES string of the molecule is CO[C@H]1O[C@H](CO)[C@@H](O)[C@@H](O)[C@H]1OC(=O)[C@@H](N)C(C)(C)C. The molecule has 124 valence electrons. The molecule has 1 aliphatic heterocycles. The quantitative estimate of drug-likeness (QED) is 0.455. The first-order valence-electron chi connectivity index (χ1n) is 6.74. The minimum Gasteiger partial charge on any atom is -0.453 e. The molecule has 0 aromatic rings. The Balaban J connectivity index is 2.82. The van der Waals surface area contributed by atoms with Crippen molar-refractivity contribution in [2.24, 2.45) is 11.1 Å². The third kappa shape index (κ3) is 4.12. The van der Waals surface area contributed by atoms with E-state index in [0.29, 0.717) is 0 Å². The second-order valence-corrected chi connectivity index (χ2v) is 6.19. The van der Waals surface area contributed by atoms with Gasteiger partial charge in [0.15, 0.2) is 12.4 Å². The largest absolute Gasteiger partial charge is 0.453 e. The Labute approximate surface area is 123 Å². The van der Waals surface area contributed by atoms with Crippen LogP contribution >= 0.6 is 0 Å². The van der Waals surface area contributed by atoms with Crippen molar-refractivity contribution in [3.8, 4) is 0 Å². The van der Waals surface area contributed by atoms with Gasteiger partial charge in [0.2, 0.25) is 0 Å². The Morgan fingerprint density at radius 1 is 1.33 bits per heavy atom. The average molecular weight is 307 g/mol. The zero-order valence-corrected chi connectivity index (χ0v) is 12.7. The molecule has 0 saturated carbocycles. The highest BCUT2D eigenvalue weighted by Crippen LogP contribution is 2.26. The molecule has 0 spiro atoms. The topological polar surface area (TPSA) is 131 Å². The summed E-state index contributed by atoms with van der Waals surface area (Å²) in [5, 5.41) is 28.9. The molecule has 8 nitrogen and oxygen atoms in total. The zero-order valence-electron chi connectivity index (χ0n) is 12.7. The van der Waals surface area contributed by atoms with Crippen molar-refractivity contribution in [1.29, 1.82) is 0 Å². The standard InChI is InChI=1S/C13H25NO7/c1-13(2,3)10(14)11(18)21-9-8(17)7(16)6(5-15)20-12(9)19-4/h6-10,12,15-17H,5,14H2,1-4H3/t6-,7-,8-,9-,10-,12+/m1/s1. The second-order valence-electron chi connectivity index (χ2n) is 6.19. The predicted octanol–water partition coefficient (Wildman–Crippen LogP) is -1.64. The maximum absolute atomic E-state index is 12.0. The Morgan fingerprint density at radius 2 is 1.90 bits per heavy atom. The average Bonchev–Trinajstić information content (AvgIpc) is 2.42. The first kappa shape index (κ1) is 18.3. The minimum absolute atomic E-state index is 0.500. The molecule has 1 aliphatic rings. The van der Waals surface area contributed by atoms with E-state index in [0.717, 1.165) is 0 Å². The molecule has 0 aromatic heterocycles. The lowest BCUT2D eigenvalue weighted by atomic mass is 9.87. The van der Waals surface area contributed by atoms with Crippen LogP contribution in [-0.2, 0) is 19.0 Å². The molecule has 5 N–H and O–H groups in total. The van der Waals surface area contributed by atoms with Crippen molar-refractivity contribution in [2.75, 3.05) is 13.7 Å². The summed E-state index contributed by atoms with van der Waals surface area (Å²) in [6, 6.07) is -0.907. The lowest BCUT2D eigenvalue weighted by Gasteiger charge is -2.41. The fraction of sp³-hybridized carbons (Fsp3) is 0.923. The van der Waals surface area contributed by atoms with E-state index >= 15 is 0 Å². The first-order chi connectivity index (χ1) is 9.63. The number of esters is 1. The Hall–Kier alpha value is -0.770. The molecule has 1 fully saturated rings. The van der Waals surface area contributed by atoms with Crippen molar-refractivity contribution >= 4 is 5.97 Å². The van der Waals surface area contributed by atoms with Gasteiger partial charge in [-0.2, -0.15) is 0 Å². The van der Waals surface area contributed by atoms with Gasteiger partial charge in [-0.15, -0.1) is 0 Å². The highest BCUT2D eigenvalue weighted by atomic mass is 16.7. The highest BCUT2D eigenvalue weighted by Gasteiger charge is 2.47. The molecule has 0 aromatic carbocycles. The molecule has 8 heteroatoms. The Kier molecular flexibility index (Phi) is 6.09. The van der Waals surface area contributed by atoms with Gasteiger partial charge < -0.3 is 35.3 Å². The number of aliphatic hydroxyl groups is 3. The van der Waals surface area contributed by atoms with Gasteiger partial charge in [0.25, 0.3) is 0 Å². The third-order valence-electron chi connectivity index (χ3n) is 3.50. The van der Waals surface area contributed by atoms with Gasteiger partial charge in [-0.3, -0.25) is 4.79 Å². The smallest absolute Gasteiger partial charge is 0.324 e. The van der Waals surface area contributed by atoms with E-state index in [9.17, 15) is 15.0 Å². The van der Waals surface area contributed by atoms with Gasteiger partial charge in [-0.25, -0.2) is 0 Å². The number of methoxy groups -OCH3 is 1. The van der Waals surface area contributed by atoms with Crippen LogP contribution in [0.1, 0.15) is 20.8 Å². The molecular weight excluding hydrogens is 282 g/mol. The number of hydrogen-bond donors (Lipinski definition) is 4. The van der Waals surface area contributed by atoms with E-state index in [2.05, 4.69) is 0 Å². The molecule has 0 unspecified atom stereocenters. The highest BCUT2D eigenvalue weighted by molar-refractivity contribution is 5.76. The van der Waals surface area contributed by atoms with Crippen LogP contribution in [0.4, 0.5) is 0 Å². The number of carbonyl (C=O) groups excluding carboxylic acids is 1. The molecule has 1 rings (SSSR count). The first-order valence-corrected chi connectivity index (χ1v) is 6.74. The monoisotopic (exact) mass is 307 g/mol. The van der Waals surface area contributed by atoms with Gasteiger partial charge in [0.05, 0.1) is 6.61 Å². The van der Waals surface area contributed by atoms with Crippen LogP contribution < -0.4 is 5.73 Å².